The van der Waals surface area contributed by atoms with Crippen molar-refractivity contribution in [2.45, 2.75) is 37.8 Å². The number of ether oxygens (including phenoxy) is 2. The van der Waals surface area contributed by atoms with E-state index in [0.717, 1.165) is 38.8 Å². The van der Waals surface area contributed by atoms with Crippen LogP contribution in [0, 0.1) is 0 Å². The molecule has 1 aliphatic rings. The third kappa shape index (κ3) is 4.37. The van der Waals surface area contributed by atoms with Gasteiger partial charge in [-0.2, -0.15) is 0 Å². The summed E-state index contributed by atoms with van der Waals surface area (Å²) in [6, 6.07) is 0.572. The van der Waals surface area contributed by atoms with Crippen molar-refractivity contribution < 1.29 is 14.3 Å². The first-order valence-electron chi connectivity index (χ1n) is 5.78. The van der Waals surface area contributed by atoms with Crippen LogP contribution in [0.15, 0.2) is 0 Å². The number of methoxy groups -OCH3 is 1. The second-order valence-electron chi connectivity index (χ2n) is 4.34. The van der Waals surface area contributed by atoms with Gasteiger partial charge >= 0.3 is 6.09 Å². The van der Waals surface area contributed by atoms with Crippen LogP contribution >= 0.6 is 0 Å². The molecular formula is C11H22N2O3. The summed E-state index contributed by atoms with van der Waals surface area (Å²) in [6.07, 6.45) is 3.28. The first-order valence-corrected chi connectivity index (χ1v) is 5.78. The lowest BCUT2D eigenvalue weighted by atomic mass is 9.92. The zero-order valence-corrected chi connectivity index (χ0v) is 10.1. The highest BCUT2D eigenvalue weighted by molar-refractivity contribution is 5.64. The number of primary amides is 1. The van der Waals surface area contributed by atoms with E-state index in [4.69, 9.17) is 15.2 Å². The van der Waals surface area contributed by atoms with Crippen molar-refractivity contribution in [1.29, 1.82) is 0 Å². The minimum Gasteiger partial charge on any atom is -0.446 e. The number of amides is 1. The summed E-state index contributed by atoms with van der Waals surface area (Å²) >= 11 is 0. The van der Waals surface area contributed by atoms with Gasteiger partial charge in [0.2, 0.25) is 0 Å². The van der Waals surface area contributed by atoms with Crippen molar-refractivity contribution >= 4 is 6.09 Å². The quantitative estimate of drug-likeness (QED) is 0.764. The molecule has 16 heavy (non-hydrogen) atoms. The van der Waals surface area contributed by atoms with Gasteiger partial charge in [-0.15, -0.1) is 0 Å². The highest BCUT2D eigenvalue weighted by Crippen LogP contribution is 2.24. The fourth-order valence-corrected chi connectivity index (χ4v) is 2.19. The molecule has 5 heteroatoms. The van der Waals surface area contributed by atoms with Crippen LogP contribution in [0.4, 0.5) is 4.79 Å². The molecule has 1 amide bonds. The predicted octanol–water partition coefficient (Wildman–Crippen LogP) is 0.971. The van der Waals surface area contributed by atoms with Gasteiger partial charge in [-0.1, -0.05) is 0 Å². The zero-order chi connectivity index (χ0) is 12.0. The average Bonchev–Trinajstić information content (AvgIpc) is 2.26. The van der Waals surface area contributed by atoms with E-state index in [1.807, 2.05) is 0 Å². The second kappa shape index (κ2) is 6.70. The summed E-state index contributed by atoms with van der Waals surface area (Å²) in [5.74, 6) is 0. The molecule has 1 aliphatic carbocycles. The van der Waals surface area contributed by atoms with Crippen LogP contribution in [0.1, 0.15) is 25.7 Å². The highest BCUT2D eigenvalue weighted by atomic mass is 16.6. The largest absolute Gasteiger partial charge is 0.446 e. The maximum absolute atomic E-state index is 10.6. The van der Waals surface area contributed by atoms with E-state index >= 15 is 0 Å². The normalized spacial score (nSPS) is 25.7. The van der Waals surface area contributed by atoms with Crippen LogP contribution in [0.3, 0.4) is 0 Å². The zero-order valence-electron chi connectivity index (χ0n) is 10.1. The molecule has 0 heterocycles. The van der Waals surface area contributed by atoms with E-state index in [9.17, 15) is 4.79 Å². The van der Waals surface area contributed by atoms with Crippen LogP contribution in [-0.4, -0.2) is 50.4 Å². The predicted molar refractivity (Wildman–Crippen MR) is 61.2 cm³/mol. The van der Waals surface area contributed by atoms with Crippen molar-refractivity contribution in [3.63, 3.8) is 0 Å². The van der Waals surface area contributed by atoms with Crippen molar-refractivity contribution in [3.8, 4) is 0 Å². The number of carbonyl (C=O) groups is 1. The fourth-order valence-electron chi connectivity index (χ4n) is 2.19. The number of likely N-dealkylation sites (N-methyl/N-ethyl adjacent to an activating group) is 1. The highest BCUT2D eigenvalue weighted by Gasteiger charge is 2.25. The molecule has 94 valence electrons. The van der Waals surface area contributed by atoms with Gasteiger partial charge in [0.1, 0.15) is 6.10 Å². The summed E-state index contributed by atoms with van der Waals surface area (Å²) in [5.41, 5.74) is 5.00. The molecule has 0 aliphatic heterocycles. The van der Waals surface area contributed by atoms with Gasteiger partial charge in [0, 0.05) is 19.7 Å². The Balaban J connectivity index is 2.23. The first kappa shape index (κ1) is 13.3. The summed E-state index contributed by atoms with van der Waals surface area (Å²) in [5, 5.41) is 0. The van der Waals surface area contributed by atoms with Crippen LogP contribution < -0.4 is 5.73 Å². The third-order valence-corrected chi connectivity index (χ3v) is 3.20. The van der Waals surface area contributed by atoms with Crippen LogP contribution in [-0.2, 0) is 9.47 Å². The van der Waals surface area contributed by atoms with E-state index < -0.39 is 6.09 Å². The SMILES string of the molecule is COCCN(C)[C@H]1CC[C@H](OC(N)=O)CC1. The lowest BCUT2D eigenvalue weighted by molar-refractivity contribution is 0.0523. The second-order valence-corrected chi connectivity index (χ2v) is 4.34. The molecule has 0 spiro atoms. The number of carbonyl (C=O) groups excluding carboxylic acids is 1. The monoisotopic (exact) mass is 230 g/mol. The van der Waals surface area contributed by atoms with Crippen molar-refractivity contribution in [3.05, 3.63) is 0 Å². The van der Waals surface area contributed by atoms with Gasteiger partial charge in [-0.3, -0.25) is 0 Å². The maximum atomic E-state index is 10.6. The maximum Gasteiger partial charge on any atom is 0.404 e. The van der Waals surface area contributed by atoms with Gasteiger partial charge in [-0.25, -0.2) is 4.79 Å². The number of nitrogens with two attached hydrogens (primary N) is 1. The molecule has 1 fully saturated rings. The van der Waals surface area contributed by atoms with Crippen LogP contribution in [0.2, 0.25) is 0 Å². The fraction of sp³-hybridized carbons (Fsp3) is 0.909. The van der Waals surface area contributed by atoms with E-state index in [1.54, 1.807) is 7.11 Å². The van der Waals surface area contributed by atoms with Crippen molar-refractivity contribution in [2.75, 3.05) is 27.3 Å². The molecule has 0 atom stereocenters. The number of hydrogen-bond acceptors (Lipinski definition) is 4. The van der Waals surface area contributed by atoms with E-state index in [2.05, 4.69) is 11.9 Å². The number of hydrogen-bond donors (Lipinski definition) is 1. The van der Waals surface area contributed by atoms with Gasteiger partial charge in [0.15, 0.2) is 0 Å². The van der Waals surface area contributed by atoms with Gasteiger partial charge in [0.25, 0.3) is 0 Å². The number of rotatable bonds is 5. The van der Waals surface area contributed by atoms with E-state index in [0.29, 0.717) is 6.04 Å². The molecule has 1 rings (SSSR count). The summed E-state index contributed by atoms with van der Waals surface area (Å²) in [4.78, 5) is 12.9. The Morgan fingerprint density at radius 1 is 1.38 bits per heavy atom. The lowest BCUT2D eigenvalue weighted by Crippen LogP contribution is -2.39. The molecule has 0 radical (unpaired) electrons. The van der Waals surface area contributed by atoms with Crippen LogP contribution in [0.25, 0.3) is 0 Å². The Kier molecular flexibility index (Phi) is 5.55. The topological polar surface area (TPSA) is 64.8 Å². The van der Waals surface area contributed by atoms with Gasteiger partial charge in [-0.05, 0) is 32.7 Å². The molecule has 2 N–H and O–H groups in total. The summed E-state index contributed by atoms with van der Waals surface area (Å²) in [6.45, 7) is 1.71. The summed E-state index contributed by atoms with van der Waals surface area (Å²) < 4.78 is 10.0. The third-order valence-electron chi connectivity index (χ3n) is 3.20. The van der Waals surface area contributed by atoms with Crippen LogP contribution in [0.5, 0.6) is 0 Å². The molecule has 5 nitrogen and oxygen atoms in total. The van der Waals surface area contributed by atoms with E-state index in [-0.39, 0.29) is 6.10 Å². The molecule has 0 unspecified atom stereocenters. The first-order chi connectivity index (χ1) is 7.63. The Labute approximate surface area is 96.9 Å². The molecule has 0 aromatic carbocycles. The standard InChI is InChI=1S/C11H22N2O3/c1-13(7-8-15-2)9-3-5-10(6-4-9)16-11(12)14/h9-10H,3-8H2,1-2H3,(H2,12,14)/t9-,10-. The van der Waals surface area contributed by atoms with Gasteiger partial charge in [0.05, 0.1) is 6.61 Å². The molecule has 0 saturated heterocycles. The summed E-state index contributed by atoms with van der Waals surface area (Å²) in [7, 11) is 3.82. The van der Waals surface area contributed by atoms with E-state index in [1.165, 1.54) is 0 Å². The van der Waals surface area contributed by atoms with Gasteiger partial charge < -0.3 is 20.1 Å². The minimum atomic E-state index is -0.656. The smallest absolute Gasteiger partial charge is 0.404 e. The minimum absolute atomic E-state index is 0.0181. The Bertz CT molecular complexity index is 215. The molecular weight excluding hydrogens is 208 g/mol. The molecule has 0 bridgehead atoms. The lowest BCUT2D eigenvalue weighted by Gasteiger charge is -2.34. The Morgan fingerprint density at radius 2 is 2.00 bits per heavy atom. The molecule has 0 aromatic heterocycles. The van der Waals surface area contributed by atoms with Crippen molar-refractivity contribution in [1.82, 2.24) is 4.90 Å². The Morgan fingerprint density at radius 3 is 2.50 bits per heavy atom. The molecule has 1 saturated carbocycles. The molecule has 0 aromatic rings. The Hall–Kier alpha value is -0.810. The van der Waals surface area contributed by atoms with Crippen molar-refractivity contribution in [2.24, 2.45) is 5.73 Å². The average molecular weight is 230 g/mol. The number of nitrogens with zero attached hydrogens (tertiary/aromatic N) is 1.